The maximum absolute atomic E-state index is 12.0. The van der Waals surface area contributed by atoms with Gasteiger partial charge in [0.1, 0.15) is 5.75 Å². The van der Waals surface area contributed by atoms with Crippen LogP contribution in [0, 0.1) is 0 Å². The van der Waals surface area contributed by atoms with Gasteiger partial charge in [-0.25, -0.2) is 4.79 Å². The van der Waals surface area contributed by atoms with E-state index in [9.17, 15) is 9.59 Å². The van der Waals surface area contributed by atoms with Crippen molar-refractivity contribution in [1.82, 2.24) is 5.32 Å². The zero-order chi connectivity index (χ0) is 18.1. The minimum Gasteiger partial charge on any atom is -0.496 e. The zero-order valence-corrected chi connectivity index (χ0v) is 14.4. The number of rotatable bonds is 8. The topological polar surface area (TPSA) is 76.7 Å². The number of carbonyl (C=O) groups excluding carboxylic acids is 2. The van der Waals surface area contributed by atoms with Crippen LogP contribution in [0.25, 0.3) is 0 Å². The number of esters is 1. The number of amides is 1. The van der Waals surface area contributed by atoms with Crippen LogP contribution >= 0.6 is 0 Å². The molecule has 0 radical (unpaired) electrons. The first-order valence-electron chi connectivity index (χ1n) is 8.03. The summed E-state index contributed by atoms with van der Waals surface area (Å²) in [4.78, 5) is 23.6. The van der Waals surface area contributed by atoms with Crippen molar-refractivity contribution in [2.24, 2.45) is 0 Å². The van der Waals surface area contributed by atoms with Crippen LogP contribution in [0.1, 0.15) is 22.8 Å². The highest BCUT2D eigenvalue weighted by Gasteiger charge is 2.07. The summed E-state index contributed by atoms with van der Waals surface area (Å²) >= 11 is 0. The Labute approximate surface area is 147 Å². The monoisotopic (exact) mass is 342 g/mol. The van der Waals surface area contributed by atoms with E-state index >= 15 is 0 Å². The van der Waals surface area contributed by atoms with Crippen molar-refractivity contribution in [2.45, 2.75) is 13.5 Å². The first-order chi connectivity index (χ1) is 12.1. The van der Waals surface area contributed by atoms with Crippen LogP contribution in [-0.2, 0) is 16.1 Å². The van der Waals surface area contributed by atoms with Crippen LogP contribution in [-0.4, -0.2) is 32.1 Å². The van der Waals surface area contributed by atoms with Crippen molar-refractivity contribution in [1.29, 1.82) is 0 Å². The fourth-order valence-corrected chi connectivity index (χ4v) is 2.27. The number of methoxy groups -OCH3 is 1. The van der Waals surface area contributed by atoms with E-state index in [0.29, 0.717) is 24.4 Å². The molecule has 1 amide bonds. The van der Waals surface area contributed by atoms with Crippen molar-refractivity contribution >= 4 is 17.6 Å². The van der Waals surface area contributed by atoms with Crippen molar-refractivity contribution in [3.05, 3.63) is 59.7 Å². The SMILES string of the molecule is CCOC(=O)c1ccc(NC(=O)CNCc2ccccc2OC)cc1. The standard InChI is InChI=1S/C19H22N2O4/c1-3-25-19(23)14-8-10-16(11-9-14)21-18(22)13-20-12-15-6-4-5-7-17(15)24-2/h4-11,20H,3,12-13H2,1-2H3,(H,21,22). The molecule has 25 heavy (non-hydrogen) atoms. The predicted molar refractivity (Wildman–Crippen MR) is 95.7 cm³/mol. The van der Waals surface area contributed by atoms with Gasteiger partial charge < -0.3 is 20.1 Å². The summed E-state index contributed by atoms with van der Waals surface area (Å²) in [5, 5.41) is 5.85. The summed E-state index contributed by atoms with van der Waals surface area (Å²) in [6.45, 7) is 2.77. The average molecular weight is 342 g/mol. The second-order valence-corrected chi connectivity index (χ2v) is 5.26. The average Bonchev–Trinajstić information content (AvgIpc) is 2.63. The Morgan fingerprint density at radius 1 is 1.04 bits per heavy atom. The molecule has 0 aromatic heterocycles. The molecule has 0 saturated heterocycles. The number of benzene rings is 2. The molecule has 0 fully saturated rings. The number of carbonyl (C=O) groups is 2. The lowest BCUT2D eigenvalue weighted by Crippen LogP contribution is -2.27. The molecule has 0 unspecified atom stereocenters. The molecule has 0 saturated carbocycles. The fraction of sp³-hybridized carbons (Fsp3) is 0.263. The van der Waals surface area contributed by atoms with Crippen molar-refractivity contribution < 1.29 is 19.1 Å². The lowest BCUT2D eigenvalue weighted by Gasteiger charge is -2.10. The van der Waals surface area contributed by atoms with Crippen LogP contribution in [0.15, 0.2) is 48.5 Å². The van der Waals surface area contributed by atoms with E-state index in [1.807, 2.05) is 24.3 Å². The van der Waals surface area contributed by atoms with Gasteiger partial charge in [0.15, 0.2) is 0 Å². The molecular formula is C19H22N2O4. The normalized spacial score (nSPS) is 10.2. The molecular weight excluding hydrogens is 320 g/mol. The maximum atomic E-state index is 12.0. The number of nitrogens with one attached hydrogen (secondary N) is 2. The van der Waals surface area contributed by atoms with E-state index in [4.69, 9.17) is 9.47 Å². The molecule has 0 aliphatic rings. The second-order valence-electron chi connectivity index (χ2n) is 5.26. The van der Waals surface area contributed by atoms with Gasteiger partial charge in [-0.15, -0.1) is 0 Å². The van der Waals surface area contributed by atoms with E-state index in [0.717, 1.165) is 11.3 Å². The van der Waals surface area contributed by atoms with Crippen LogP contribution in [0.5, 0.6) is 5.75 Å². The summed E-state index contributed by atoms with van der Waals surface area (Å²) in [5.41, 5.74) is 2.06. The smallest absolute Gasteiger partial charge is 0.338 e. The summed E-state index contributed by atoms with van der Waals surface area (Å²) in [7, 11) is 1.62. The van der Waals surface area contributed by atoms with Crippen molar-refractivity contribution in [3.63, 3.8) is 0 Å². The van der Waals surface area contributed by atoms with Crippen molar-refractivity contribution in [3.8, 4) is 5.75 Å². The van der Waals surface area contributed by atoms with E-state index in [2.05, 4.69) is 10.6 Å². The van der Waals surface area contributed by atoms with Gasteiger partial charge in [-0.05, 0) is 37.3 Å². The van der Waals surface area contributed by atoms with Crippen LogP contribution in [0.3, 0.4) is 0 Å². The molecule has 2 aromatic rings. The third-order valence-electron chi connectivity index (χ3n) is 3.47. The molecule has 0 aliphatic carbocycles. The molecule has 0 bridgehead atoms. The molecule has 2 N–H and O–H groups in total. The first kappa shape index (κ1) is 18.5. The summed E-state index contributed by atoms with van der Waals surface area (Å²) in [6, 6.07) is 14.2. The van der Waals surface area contributed by atoms with Gasteiger partial charge in [-0.1, -0.05) is 18.2 Å². The third-order valence-corrected chi connectivity index (χ3v) is 3.47. The van der Waals surface area contributed by atoms with E-state index in [1.165, 1.54) is 0 Å². The van der Waals surface area contributed by atoms with E-state index in [1.54, 1.807) is 38.3 Å². The van der Waals surface area contributed by atoms with Gasteiger partial charge in [-0.3, -0.25) is 4.79 Å². The number of anilines is 1. The molecule has 0 atom stereocenters. The number of hydrogen-bond donors (Lipinski definition) is 2. The Bertz CT molecular complexity index is 714. The minimum absolute atomic E-state index is 0.164. The largest absolute Gasteiger partial charge is 0.496 e. The lowest BCUT2D eigenvalue weighted by molar-refractivity contribution is -0.115. The Hall–Kier alpha value is -2.86. The molecule has 2 aromatic carbocycles. The predicted octanol–water partition coefficient (Wildman–Crippen LogP) is 2.60. The fourth-order valence-electron chi connectivity index (χ4n) is 2.27. The second kappa shape index (κ2) is 9.44. The van der Waals surface area contributed by atoms with Gasteiger partial charge in [0.25, 0.3) is 0 Å². The Morgan fingerprint density at radius 2 is 1.76 bits per heavy atom. The molecule has 0 spiro atoms. The van der Waals surface area contributed by atoms with Gasteiger partial charge in [-0.2, -0.15) is 0 Å². The highest BCUT2D eigenvalue weighted by molar-refractivity contribution is 5.94. The molecule has 0 aliphatic heterocycles. The zero-order valence-electron chi connectivity index (χ0n) is 14.4. The van der Waals surface area contributed by atoms with E-state index in [-0.39, 0.29) is 18.4 Å². The Kier molecular flexibility index (Phi) is 6.98. The van der Waals surface area contributed by atoms with Gasteiger partial charge >= 0.3 is 5.97 Å². The molecule has 2 rings (SSSR count). The molecule has 6 nitrogen and oxygen atoms in total. The first-order valence-corrected chi connectivity index (χ1v) is 8.03. The molecule has 0 heterocycles. The van der Waals surface area contributed by atoms with Crippen LogP contribution in [0.2, 0.25) is 0 Å². The summed E-state index contributed by atoms with van der Waals surface area (Å²) in [6.07, 6.45) is 0. The highest BCUT2D eigenvalue weighted by atomic mass is 16.5. The van der Waals surface area contributed by atoms with E-state index < -0.39 is 0 Å². The third kappa shape index (κ3) is 5.61. The number of hydrogen-bond acceptors (Lipinski definition) is 5. The van der Waals surface area contributed by atoms with Crippen molar-refractivity contribution in [2.75, 3.05) is 25.6 Å². The van der Waals surface area contributed by atoms with Gasteiger partial charge in [0.2, 0.25) is 5.91 Å². The van der Waals surface area contributed by atoms with Crippen LogP contribution < -0.4 is 15.4 Å². The lowest BCUT2D eigenvalue weighted by atomic mass is 10.2. The quantitative estimate of drug-likeness (QED) is 0.721. The maximum Gasteiger partial charge on any atom is 0.338 e. The number of ether oxygens (including phenoxy) is 2. The minimum atomic E-state index is -0.376. The van der Waals surface area contributed by atoms with Crippen LogP contribution in [0.4, 0.5) is 5.69 Å². The highest BCUT2D eigenvalue weighted by Crippen LogP contribution is 2.16. The van der Waals surface area contributed by atoms with Gasteiger partial charge in [0.05, 0.1) is 25.8 Å². The Morgan fingerprint density at radius 3 is 2.44 bits per heavy atom. The Balaban J connectivity index is 1.81. The summed E-state index contributed by atoms with van der Waals surface area (Å²) in [5.74, 6) is 0.239. The molecule has 6 heteroatoms. The molecule has 132 valence electrons. The summed E-state index contributed by atoms with van der Waals surface area (Å²) < 4.78 is 10.2. The van der Waals surface area contributed by atoms with Gasteiger partial charge in [0, 0.05) is 17.8 Å². The number of para-hydroxylation sites is 1.